The Kier molecular flexibility index (Phi) is 5.80. The highest BCUT2D eigenvalue weighted by Gasteiger charge is 2.16. The zero-order valence-electron chi connectivity index (χ0n) is 13.5. The molecule has 116 valence electrons. The molecule has 0 radical (unpaired) electrons. The van der Waals surface area contributed by atoms with Crippen molar-refractivity contribution in [2.24, 2.45) is 0 Å². The fourth-order valence-corrected chi connectivity index (χ4v) is 2.88. The van der Waals surface area contributed by atoms with E-state index >= 15 is 0 Å². The first-order chi connectivity index (χ1) is 10.1. The molecule has 0 amide bonds. The van der Waals surface area contributed by atoms with Gasteiger partial charge in [0.05, 0.1) is 12.7 Å². The fourth-order valence-electron chi connectivity index (χ4n) is 2.88. The maximum Gasteiger partial charge on any atom is 0.167 e. The maximum atomic E-state index is 12.5. The predicted molar refractivity (Wildman–Crippen MR) is 86.3 cm³/mol. The number of benzene rings is 1. The van der Waals surface area contributed by atoms with Crippen molar-refractivity contribution in [3.05, 3.63) is 29.3 Å². The van der Waals surface area contributed by atoms with E-state index in [9.17, 15) is 4.79 Å². The number of nitrogens with zero attached hydrogens (tertiary/aromatic N) is 1. The van der Waals surface area contributed by atoms with E-state index < -0.39 is 0 Å². The smallest absolute Gasteiger partial charge is 0.167 e. The molecule has 1 fully saturated rings. The van der Waals surface area contributed by atoms with E-state index in [2.05, 4.69) is 18.7 Å². The molecule has 2 rings (SSSR count). The van der Waals surface area contributed by atoms with E-state index in [1.54, 1.807) is 7.11 Å². The van der Waals surface area contributed by atoms with Crippen LogP contribution in [-0.4, -0.2) is 37.4 Å². The number of piperidine rings is 1. The van der Waals surface area contributed by atoms with Crippen molar-refractivity contribution < 1.29 is 9.53 Å². The SMILES string of the molecule is COc1ccc(C(C)C)cc1C(=O)CCN1CCCCC1. The average molecular weight is 289 g/mol. The van der Waals surface area contributed by atoms with Crippen LogP contribution in [-0.2, 0) is 0 Å². The van der Waals surface area contributed by atoms with Crippen LogP contribution >= 0.6 is 0 Å². The Morgan fingerprint density at radius 3 is 2.57 bits per heavy atom. The minimum absolute atomic E-state index is 0.194. The summed E-state index contributed by atoms with van der Waals surface area (Å²) in [5, 5.41) is 0. The summed E-state index contributed by atoms with van der Waals surface area (Å²) < 4.78 is 5.36. The second-order valence-electron chi connectivity index (χ2n) is 6.19. The van der Waals surface area contributed by atoms with Crippen LogP contribution in [0.5, 0.6) is 5.75 Å². The minimum atomic E-state index is 0.194. The van der Waals surface area contributed by atoms with Gasteiger partial charge in [0.25, 0.3) is 0 Å². The molecule has 3 heteroatoms. The van der Waals surface area contributed by atoms with Gasteiger partial charge >= 0.3 is 0 Å². The lowest BCUT2D eigenvalue weighted by Crippen LogP contribution is -2.31. The van der Waals surface area contributed by atoms with Crippen LogP contribution in [0, 0.1) is 0 Å². The summed E-state index contributed by atoms with van der Waals surface area (Å²) in [7, 11) is 1.63. The van der Waals surface area contributed by atoms with Gasteiger partial charge in [-0.3, -0.25) is 4.79 Å². The van der Waals surface area contributed by atoms with Crippen LogP contribution in [0.15, 0.2) is 18.2 Å². The number of likely N-dealkylation sites (tertiary alicyclic amines) is 1. The van der Waals surface area contributed by atoms with Gasteiger partial charge in [-0.05, 0) is 49.5 Å². The van der Waals surface area contributed by atoms with Crippen molar-refractivity contribution in [3.8, 4) is 5.75 Å². The van der Waals surface area contributed by atoms with Crippen LogP contribution in [0.4, 0.5) is 0 Å². The van der Waals surface area contributed by atoms with Crippen LogP contribution in [0.1, 0.15) is 61.4 Å². The maximum absolute atomic E-state index is 12.5. The minimum Gasteiger partial charge on any atom is -0.496 e. The molecule has 1 aliphatic heterocycles. The molecule has 0 unspecified atom stereocenters. The molecule has 3 nitrogen and oxygen atoms in total. The number of ketones is 1. The number of carbonyl (C=O) groups is 1. The first-order valence-corrected chi connectivity index (χ1v) is 8.05. The third-order valence-corrected chi connectivity index (χ3v) is 4.29. The zero-order chi connectivity index (χ0) is 15.2. The standard InChI is InChI=1S/C18H27NO2/c1-14(2)15-7-8-18(21-3)16(13-15)17(20)9-12-19-10-5-4-6-11-19/h7-8,13-14H,4-6,9-12H2,1-3H3. The summed E-state index contributed by atoms with van der Waals surface area (Å²) >= 11 is 0. The summed E-state index contributed by atoms with van der Waals surface area (Å²) in [6.07, 6.45) is 4.44. The number of methoxy groups -OCH3 is 1. The largest absolute Gasteiger partial charge is 0.496 e. The normalized spacial score (nSPS) is 16.2. The Morgan fingerprint density at radius 1 is 1.24 bits per heavy atom. The van der Waals surface area contributed by atoms with E-state index in [-0.39, 0.29) is 5.78 Å². The van der Waals surface area contributed by atoms with Crippen molar-refractivity contribution in [2.75, 3.05) is 26.7 Å². The quantitative estimate of drug-likeness (QED) is 0.744. The summed E-state index contributed by atoms with van der Waals surface area (Å²) in [5.41, 5.74) is 1.93. The monoisotopic (exact) mass is 289 g/mol. The number of rotatable bonds is 6. The van der Waals surface area contributed by atoms with Crippen LogP contribution in [0.3, 0.4) is 0 Å². The molecule has 0 aromatic heterocycles. The van der Waals surface area contributed by atoms with Gasteiger partial charge in [-0.15, -0.1) is 0 Å². The second-order valence-corrected chi connectivity index (χ2v) is 6.19. The summed E-state index contributed by atoms with van der Waals surface area (Å²) in [6, 6.07) is 5.97. The molecule has 0 atom stereocenters. The van der Waals surface area contributed by atoms with Gasteiger partial charge in [-0.2, -0.15) is 0 Å². The lowest BCUT2D eigenvalue weighted by atomic mass is 9.97. The molecule has 1 aromatic rings. The number of hydrogen-bond acceptors (Lipinski definition) is 3. The number of ether oxygens (including phenoxy) is 1. The second kappa shape index (κ2) is 7.60. The highest BCUT2D eigenvalue weighted by molar-refractivity contribution is 5.99. The molecule has 0 aliphatic carbocycles. The topological polar surface area (TPSA) is 29.5 Å². The van der Waals surface area contributed by atoms with E-state index in [0.29, 0.717) is 18.1 Å². The molecular weight excluding hydrogens is 262 g/mol. The van der Waals surface area contributed by atoms with E-state index in [4.69, 9.17) is 4.74 Å². The molecule has 0 saturated carbocycles. The molecule has 0 bridgehead atoms. The van der Waals surface area contributed by atoms with Crippen molar-refractivity contribution >= 4 is 5.78 Å². The van der Waals surface area contributed by atoms with Crippen molar-refractivity contribution in [1.82, 2.24) is 4.90 Å². The van der Waals surface area contributed by atoms with E-state index in [1.165, 1.54) is 24.8 Å². The van der Waals surface area contributed by atoms with Gasteiger partial charge in [0, 0.05) is 13.0 Å². The van der Waals surface area contributed by atoms with Gasteiger partial charge in [-0.25, -0.2) is 0 Å². The van der Waals surface area contributed by atoms with Crippen molar-refractivity contribution in [1.29, 1.82) is 0 Å². The number of Topliss-reactive ketones (excluding diaryl/α,β-unsaturated/α-hetero) is 1. The Hall–Kier alpha value is -1.35. The lowest BCUT2D eigenvalue weighted by molar-refractivity contribution is 0.0955. The van der Waals surface area contributed by atoms with Crippen molar-refractivity contribution in [3.63, 3.8) is 0 Å². The molecule has 21 heavy (non-hydrogen) atoms. The molecular formula is C18H27NO2. The first kappa shape index (κ1) is 16.0. The van der Waals surface area contributed by atoms with Crippen LogP contribution in [0.25, 0.3) is 0 Å². The third-order valence-electron chi connectivity index (χ3n) is 4.29. The molecule has 1 heterocycles. The van der Waals surface area contributed by atoms with Gasteiger partial charge in [0.15, 0.2) is 5.78 Å². The van der Waals surface area contributed by atoms with Gasteiger partial charge in [0.2, 0.25) is 0 Å². The Balaban J connectivity index is 2.04. The van der Waals surface area contributed by atoms with E-state index in [0.717, 1.165) is 25.2 Å². The summed E-state index contributed by atoms with van der Waals surface area (Å²) in [4.78, 5) is 14.9. The van der Waals surface area contributed by atoms with Crippen LogP contribution in [0.2, 0.25) is 0 Å². The van der Waals surface area contributed by atoms with Crippen molar-refractivity contribution in [2.45, 2.75) is 45.4 Å². The number of carbonyl (C=O) groups excluding carboxylic acids is 1. The van der Waals surface area contributed by atoms with Crippen LogP contribution < -0.4 is 4.74 Å². The van der Waals surface area contributed by atoms with Gasteiger partial charge < -0.3 is 9.64 Å². The molecule has 0 N–H and O–H groups in total. The van der Waals surface area contributed by atoms with Gasteiger partial charge in [-0.1, -0.05) is 26.3 Å². The molecule has 0 spiro atoms. The summed E-state index contributed by atoms with van der Waals surface area (Å²) in [5.74, 6) is 1.31. The predicted octanol–water partition coefficient (Wildman–Crippen LogP) is 3.88. The summed E-state index contributed by atoms with van der Waals surface area (Å²) in [6.45, 7) is 7.42. The zero-order valence-corrected chi connectivity index (χ0v) is 13.5. The van der Waals surface area contributed by atoms with E-state index in [1.807, 2.05) is 18.2 Å². The van der Waals surface area contributed by atoms with Gasteiger partial charge in [0.1, 0.15) is 5.75 Å². The molecule has 1 saturated heterocycles. The first-order valence-electron chi connectivity index (χ1n) is 8.05. The Labute approximate surface area is 128 Å². The Bertz CT molecular complexity index is 476. The Morgan fingerprint density at radius 2 is 1.95 bits per heavy atom. The third kappa shape index (κ3) is 4.31. The highest BCUT2D eigenvalue weighted by Crippen LogP contribution is 2.25. The fraction of sp³-hybridized carbons (Fsp3) is 0.611. The number of hydrogen-bond donors (Lipinski definition) is 0. The molecule has 1 aliphatic rings. The average Bonchev–Trinajstić information content (AvgIpc) is 2.52. The molecule has 1 aromatic carbocycles. The highest BCUT2D eigenvalue weighted by atomic mass is 16.5. The lowest BCUT2D eigenvalue weighted by Gasteiger charge is -2.26.